The second-order valence-electron chi connectivity index (χ2n) is 4.25. The van der Waals surface area contributed by atoms with Crippen LogP contribution in [0.15, 0.2) is 24.3 Å². The quantitative estimate of drug-likeness (QED) is 0.714. The van der Waals surface area contributed by atoms with Crippen LogP contribution in [0.3, 0.4) is 0 Å². The van der Waals surface area contributed by atoms with E-state index in [0.717, 1.165) is 0 Å². The first-order valence-electron chi connectivity index (χ1n) is 6.01. The fourth-order valence-corrected chi connectivity index (χ4v) is 3.38. The average Bonchev–Trinajstić information content (AvgIpc) is 2.36. The molecule has 1 aromatic rings. The van der Waals surface area contributed by atoms with Crippen LogP contribution in [0.2, 0.25) is 0 Å². The van der Waals surface area contributed by atoms with Crippen molar-refractivity contribution in [2.45, 2.75) is 25.7 Å². The van der Waals surface area contributed by atoms with Gasteiger partial charge in [0.15, 0.2) is 0 Å². The molecule has 0 aromatic heterocycles. The molecule has 0 saturated carbocycles. The van der Waals surface area contributed by atoms with E-state index in [1.807, 2.05) is 0 Å². The molecule has 0 bridgehead atoms. The zero-order valence-corrected chi connectivity index (χ0v) is 12.8. The summed E-state index contributed by atoms with van der Waals surface area (Å²) in [5.74, 6) is 0.159. The summed E-state index contributed by atoms with van der Waals surface area (Å²) in [5.41, 5.74) is 0.656. The minimum Gasteiger partial charge on any atom is -0.229 e. The van der Waals surface area contributed by atoms with E-state index in [2.05, 4.69) is 15.9 Å². The molecule has 0 saturated heterocycles. The number of hydrogen-bond donors (Lipinski definition) is 0. The Morgan fingerprint density at radius 2 is 2.00 bits per heavy atom. The van der Waals surface area contributed by atoms with Gasteiger partial charge in [0, 0.05) is 11.1 Å². The number of hydrogen-bond acceptors (Lipinski definition) is 2. The van der Waals surface area contributed by atoms with E-state index in [0.29, 0.717) is 23.7 Å². The van der Waals surface area contributed by atoms with E-state index in [-0.39, 0.29) is 23.2 Å². The first-order chi connectivity index (χ1) is 8.50. The summed E-state index contributed by atoms with van der Waals surface area (Å²) in [6, 6.07) is 6.66. The molecule has 1 atom stereocenters. The maximum atomic E-state index is 13.6. The zero-order valence-electron chi connectivity index (χ0n) is 10.4. The number of benzene rings is 1. The van der Waals surface area contributed by atoms with Gasteiger partial charge >= 0.3 is 0 Å². The Balaban J connectivity index is 2.61. The largest absolute Gasteiger partial charge is 0.229 e. The first kappa shape index (κ1) is 15.6. The van der Waals surface area contributed by atoms with Crippen molar-refractivity contribution in [2.24, 2.45) is 0 Å². The summed E-state index contributed by atoms with van der Waals surface area (Å²) in [6.45, 7) is 1.65. The summed E-state index contributed by atoms with van der Waals surface area (Å²) in [6.07, 6.45) is 1.24. The molecule has 0 amide bonds. The molecule has 0 N–H and O–H groups in total. The van der Waals surface area contributed by atoms with E-state index >= 15 is 0 Å². The third-order valence-corrected chi connectivity index (χ3v) is 5.55. The molecule has 1 unspecified atom stereocenters. The predicted molar refractivity (Wildman–Crippen MR) is 76.5 cm³/mol. The van der Waals surface area contributed by atoms with Crippen molar-refractivity contribution in [3.05, 3.63) is 35.6 Å². The highest BCUT2D eigenvalue weighted by Crippen LogP contribution is 2.26. The lowest BCUT2D eigenvalue weighted by molar-refractivity contribution is 0.568. The second kappa shape index (κ2) is 7.24. The van der Waals surface area contributed by atoms with Crippen LogP contribution in [0.5, 0.6) is 0 Å². The molecule has 0 aliphatic heterocycles. The number of halogens is 2. The lowest BCUT2D eigenvalue weighted by atomic mass is 9.96. The van der Waals surface area contributed by atoms with Crippen LogP contribution in [-0.2, 0) is 9.84 Å². The predicted octanol–water partition coefficient (Wildman–Crippen LogP) is 3.52. The van der Waals surface area contributed by atoms with Gasteiger partial charge in [0.05, 0.1) is 5.75 Å². The van der Waals surface area contributed by atoms with Gasteiger partial charge < -0.3 is 0 Å². The van der Waals surface area contributed by atoms with Crippen LogP contribution in [0.25, 0.3) is 0 Å². The molecule has 1 rings (SSSR count). The smallest absolute Gasteiger partial charge is 0.150 e. The topological polar surface area (TPSA) is 34.1 Å². The molecule has 102 valence electrons. The van der Waals surface area contributed by atoms with Gasteiger partial charge in [-0.15, -0.1) is 0 Å². The molecule has 18 heavy (non-hydrogen) atoms. The summed E-state index contributed by atoms with van der Waals surface area (Å²) in [4.78, 5) is 0. The van der Waals surface area contributed by atoms with Crippen LogP contribution in [-0.4, -0.2) is 25.3 Å². The monoisotopic (exact) mass is 336 g/mol. The number of rotatable bonds is 7. The molecule has 0 fully saturated rings. The van der Waals surface area contributed by atoms with Gasteiger partial charge in [0.2, 0.25) is 0 Å². The highest BCUT2D eigenvalue weighted by atomic mass is 79.9. The van der Waals surface area contributed by atoms with Gasteiger partial charge in [-0.05, 0) is 30.4 Å². The molecule has 0 aliphatic carbocycles. The van der Waals surface area contributed by atoms with E-state index in [1.165, 1.54) is 6.07 Å². The Morgan fingerprint density at radius 3 is 2.56 bits per heavy atom. The fourth-order valence-electron chi connectivity index (χ4n) is 1.82. The molecule has 2 nitrogen and oxygen atoms in total. The van der Waals surface area contributed by atoms with Crippen molar-refractivity contribution in [3.63, 3.8) is 0 Å². The van der Waals surface area contributed by atoms with Crippen LogP contribution in [0, 0.1) is 5.82 Å². The Bertz CT molecular complexity index is 474. The molecule has 0 radical (unpaired) electrons. The number of sulfone groups is 1. The normalized spacial score (nSPS) is 13.5. The standard InChI is InChI=1S/C13H18BrFO2S/c1-2-18(16,17)9-5-6-11(10-14)12-7-3-4-8-13(12)15/h3-4,7-8,11H,2,5-6,9-10H2,1H3. The maximum absolute atomic E-state index is 13.6. The molecule has 0 spiro atoms. The minimum atomic E-state index is -2.92. The van der Waals surface area contributed by atoms with Crippen molar-refractivity contribution < 1.29 is 12.8 Å². The van der Waals surface area contributed by atoms with Gasteiger partial charge in [-0.3, -0.25) is 0 Å². The summed E-state index contributed by atoms with van der Waals surface area (Å²) in [5, 5.41) is 0.639. The highest BCUT2D eigenvalue weighted by molar-refractivity contribution is 9.09. The molecular weight excluding hydrogens is 319 g/mol. The third kappa shape index (κ3) is 4.69. The Hall–Kier alpha value is -0.420. The second-order valence-corrected chi connectivity index (χ2v) is 7.37. The summed E-state index contributed by atoms with van der Waals surface area (Å²) in [7, 11) is -2.92. The first-order valence-corrected chi connectivity index (χ1v) is 8.95. The molecule has 5 heteroatoms. The van der Waals surface area contributed by atoms with Crippen LogP contribution in [0.1, 0.15) is 31.2 Å². The van der Waals surface area contributed by atoms with Crippen molar-refractivity contribution >= 4 is 25.8 Å². The van der Waals surface area contributed by atoms with E-state index in [1.54, 1.807) is 25.1 Å². The minimum absolute atomic E-state index is 0.0262. The lowest BCUT2D eigenvalue weighted by Crippen LogP contribution is -2.11. The lowest BCUT2D eigenvalue weighted by Gasteiger charge is -2.15. The summed E-state index contributed by atoms with van der Waals surface area (Å²) < 4.78 is 36.4. The van der Waals surface area contributed by atoms with Crippen molar-refractivity contribution in [2.75, 3.05) is 16.8 Å². The van der Waals surface area contributed by atoms with Crippen LogP contribution >= 0.6 is 15.9 Å². The highest BCUT2D eigenvalue weighted by Gasteiger charge is 2.15. The van der Waals surface area contributed by atoms with Gasteiger partial charge in [-0.1, -0.05) is 41.1 Å². The molecular formula is C13H18BrFO2S. The van der Waals surface area contributed by atoms with Gasteiger partial charge in [0.1, 0.15) is 15.7 Å². The third-order valence-electron chi connectivity index (χ3n) is 2.98. The van der Waals surface area contributed by atoms with Crippen LogP contribution < -0.4 is 0 Å². The van der Waals surface area contributed by atoms with E-state index in [9.17, 15) is 12.8 Å². The van der Waals surface area contributed by atoms with Gasteiger partial charge in [-0.25, -0.2) is 12.8 Å². The maximum Gasteiger partial charge on any atom is 0.150 e. The van der Waals surface area contributed by atoms with Crippen molar-refractivity contribution in [1.82, 2.24) is 0 Å². The number of alkyl halides is 1. The van der Waals surface area contributed by atoms with Crippen LogP contribution in [0.4, 0.5) is 4.39 Å². The average molecular weight is 337 g/mol. The van der Waals surface area contributed by atoms with Gasteiger partial charge in [-0.2, -0.15) is 0 Å². The summed E-state index contributed by atoms with van der Waals surface area (Å²) >= 11 is 3.37. The zero-order chi connectivity index (χ0) is 13.6. The van der Waals surface area contributed by atoms with Crippen molar-refractivity contribution in [1.29, 1.82) is 0 Å². The Kier molecular flexibility index (Phi) is 6.29. The fraction of sp³-hybridized carbons (Fsp3) is 0.538. The van der Waals surface area contributed by atoms with Crippen molar-refractivity contribution in [3.8, 4) is 0 Å². The molecule has 0 aliphatic rings. The SMILES string of the molecule is CCS(=O)(=O)CCCC(CBr)c1ccccc1F. The Labute approximate surface area is 117 Å². The van der Waals surface area contributed by atoms with E-state index in [4.69, 9.17) is 0 Å². The van der Waals surface area contributed by atoms with Gasteiger partial charge in [0.25, 0.3) is 0 Å². The van der Waals surface area contributed by atoms with E-state index < -0.39 is 9.84 Å². The Morgan fingerprint density at radius 1 is 1.33 bits per heavy atom. The molecule has 1 aromatic carbocycles. The molecule has 0 heterocycles.